The van der Waals surface area contributed by atoms with Crippen molar-refractivity contribution < 1.29 is 23.1 Å². The van der Waals surface area contributed by atoms with Gasteiger partial charge in [-0.05, 0) is 36.4 Å². The molecule has 0 saturated carbocycles. The van der Waals surface area contributed by atoms with Crippen molar-refractivity contribution in [3.05, 3.63) is 65.7 Å². The Kier molecular flexibility index (Phi) is 5.05. The van der Waals surface area contributed by atoms with Crippen molar-refractivity contribution in [2.24, 2.45) is 11.1 Å². The number of hydrogen-bond donors (Lipinski definition) is 2. The number of hydrogen-bond acceptors (Lipinski definition) is 6. The fraction of sp³-hybridized carbons (Fsp3) is 0.211. The molecule has 0 bridgehead atoms. The van der Waals surface area contributed by atoms with Crippen LogP contribution >= 0.6 is 0 Å². The molecule has 3 N–H and O–H groups in total. The van der Waals surface area contributed by atoms with Gasteiger partial charge in [-0.2, -0.15) is 0 Å². The summed E-state index contributed by atoms with van der Waals surface area (Å²) >= 11 is 0. The number of aliphatic hydroxyl groups is 1. The zero-order valence-corrected chi connectivity index (χ0v) is 16.1. The Balaban J connectivity index is 2.15. The van der Waals surface area contributed by atoms with E-state index in [1.54, 1.807) is 32.0 Å². The Morgan fingerprint density at radius 3 is 2.32 bits per heavy atom. The van der Waals surface area contributed by atoms with Crippen molar-refractivity contribution in [2.75, 3.05) is 4.90 Å². The topological polar surface area (TPSA) is 131 Å². The van der Waals surface area contributed by atoms with Gasteiger partial charge in [-0.3, -0.25) is 19.5 Å². The van der Waals surface area contributed by atoms with Gasteiger partial charge in [0.15, 0.2) is 11.5 Å². The van der Waals surface area contributed by atoms with Gasteiger partial charge in [-0.25, -0.2) is 13.6 Å². The van der Waals surface area contributed by atoms with Crippen molar-refractivity contribution in [1.82, 2.24) is 4.98 Å². The van der Waals surface area contributed by atoms with Gasteiger partial charge in [0.1, 0.15) is 6.04 Å². The zero-order chi connectivity index (χ0) is 20.6. The van der Waals surface area contributed by atoms with Crippen LogP contribution in [-0.2, 0) is 19.6 Å². The van der Waals surface area contributed by atoms with E-state index < -0.39 is 33.6 Å². The molecule has 3 rings (SSSR count). The van der Waals surface area contributed by atoms with Gasteiger partial charge < -0.3 is 5.11 Å². The molecule has 1 amide bonds. The van der Waals surface area contributed by atoms with Crippen LogP contribution in [0.1, 0.15) is 25.6 Å². The third-order valence-electron chi connectivity index (χ3n) is 4.41. The Morgan fingerprint density at radius 1 is 1.18 bits per heavy atom. The number of primary sulfonamides is 1. The number of rotatable bonds is 5. The van der Waals surface area contributed by atoms with Crippen LogP contribution in [0, 0.1) is 5.92 Å². The van der Waals surface area contributed by atoms with Crippen molar-refractivity contribution in [3.63, 3.8) is 0 Å². The lowest BCUT2D eigenvalue weighted by molar-refractivity contribution is -0.119. The second-order valence-corrected chi connectivity index (χ2v) is 8.21. The maximum Gasteiger partial charge on any atom is 0.294 e. The molecule has 1 atom stereocenters. The van der Waals surface area contributed by atoms with Crippen LogP contribution in [0.4, 0.5) is 5.69 Å². The van der Waals surface area contributed by atoms with Gasteiger partial charge in [0.2, 0.25) is 10.0 Å². The molecule has 8 nitrogen and oxygen atoms in total. The molecule has 0 spiro atoms. The maximum absolute atomic E-state index is 12.8. The van der Waals surface area contributed by atoms with E-state index in [1.165, 1.54) is 35.4 Å². The summed E-state index contributed by atoms with van der Waals surface area (Å²) in [7, 11) is -3.90. The number of carbonyl (C=O) groups excluding carboxylic acids is 2. The van der Waals surface area contributed by atoms with E-state index in [2.05, 4.69) is 4.98 Å². The van der Waals surface area contributed by atoms with Crippen LogP contribution in [0.15, 0.2) is 64.9 Å². The molecule has 1 unspecified atom stereocenters. The smallest absolute Gasteiger partial charge is 0.294 e. The van der Waals surface area contributed by atoms with Gasteiger partial charge in [0.25, 0.3) is 5.91 Å². The lowest BCUT2D eigenvalue weighted by Gasteiger charge is -2.26. The predicted octanol–water partition coefficient (Wildman–Crippen LogP) is 1.85. The summed E-state index contributed by atoms with van der Waals surface area (Å²) in [5.41, 5.74) is 0.666. The van der Waals surface area contributed by atoms with Gasteiger partial charge in [-0.1, -0.05) is 19.9 Å². The summed E-state index contributed by atoms with van der Waals surface area (Å²) in [6.45, 7) is 3.35. The van der Waals surface area contributed by atoms with Crippen LogP contribution in [0.25, 0.3) is 0 Å². The summed E-state index contributed by atoms with van der Waals surface area (Å²) < 4.78 is 23.0. The number of nitrogens with zero attached hydrogens (tertiary/aromatic N) is 2. The average Bonchev–Trinajstić information content (AvgIpc) is 2.92. The summed E-state index contributed by atoms with van der Waals surface area (Å²) in [5, 5.41) is 15.6. The lowest BCUT2D eigenvalue weighted by Crippen LogP contribution is -2.32. The Bertz CT molecular complexity index is 1060. The first-order valence-electron chi connectivity index (χ1n) is 8.47. The maximum atomic E-state index is 12.8. The highest BCUT2D eigenvalue weighted by Gasteiger charge is 2.45. The fourth-order valence-corrected chi connectivity index (χ4v) is 3.56. The SMILES string of the molecule is CC(C)C(=O)C1=C(O)C(=O)N(c2ccc(S(N)(=O)=O)cc2)C1c1ccccn1. The fourth-order valence-electron chi connectivity index (χ4n) is 3.05. The zero-order valence-electron chi connectivity index (χ0n) is 15.2. The van der Waals surface area contributed by atoms with Gasteiger partial charge in [0.05, 0.1) is 16.2 Å². The number of ketones is 1. The van der Waals surface area contributed by atoms with Gasteiger partial charge in [0, 0.05) is 17.8 Å². The van der Waals surface area contributed by atoms with E-state index in [1.807, 2.05) is 0 Å². The molecule has 2 heterocycles. The largest absolute Gasteiger partial charge is 0.503 e. The number of pyridine rings is 1. The number of amides is 1. The second kappa shape index (κ2) is 7.17. The van der Waals surface area contributed by atoms with E-state index >= 15 is 0 Å². The van der Waals surface area contributed by atoms with Gasteiger partial charge >= 0.3 is 0 Å². The van der Waals surface area contributed by atoms with E-state index in [0.717, 1.165) is 0 Å². The highest BCUT2D eigenvalue weighted by atomic mass is 32.2. The van der Waals surface area contributed by atoms with Crippen molar-refractivity contribution in [2.45, 2.75) is 24.8 Å². The highest BCUT2D eigenvalue weighted by molar-refractivity contribution is 7.89. The Hall–Kier alpha value is -3.04. The third kappa shape index (κ3) is 3.41. The number of carbonyl (C=O) groups is 2. The standard InChI is InChI=1S/C19H19N3O5S/c1-11(2)17(23)15-16(14-5-3-4-10-21-14)22(19(25)18(15)24)12-6-8-13(9-7-12)28(20,26)27/h3-11,16,24H,1-2H3,(H2,20,26,27). The van der Waals surface area contributed by atoms with Crippen LogP contribution in [0.5, 0.6) is 0 Å². The summed E-state index contributed by atoms with van der Waals surface area (Å²) in [4.78, 5) is 30.9. The number of aliphatic hydroxyl groups excluding tert-OH is 1. The van der Waals surface area contributed by atoms with E-state index in [4.69, 9.17) is 5.14 Å². The molecule has 146 valence electrons. The number of sulfonamides is 1. The van der Waals surface area contributed by atoms with E-state index in [-0.39, 0.29) is 16.3 Å². The van der Waals surface area contributed by atoms with E-state index in [0.29, 0.717) is 11.4 Å². The van der Waals surface area contributed by atoms with Crippen LogP contribution in [-0.4, -0.2) is 30.2 Å². The molecule has 28 heavy (non-hydrogen) atoms. The molecule has 1 aromatic carbocycles. The minimum Gasteiger partial charge on any atom is -0.503 e. The Labute approximate surface area is 162 Å². The number of anilines is 1. The minimum atomic E-state index is -3.90. The summed E-state index contributed by atoms with van der Waals surface area (Å²) in [5.74, 6) is -2.21. The van der Waals surface area contributed by atoms with Crippen LogP contribution in [0.3, 0.4) is 0 Å². The average molecular weight is 401 g/mol. The molecule has 0 saturated heterocycles. The number of nitrogens with two attached hydrogens (primary N) is 1. The molecule has 2 aromatic rings. The second-order valence-electron chi connectivity index (χ2n) is 6.65. The molecular formula is C19H19N3O5S. The molecular weight excluding hydrogens is 382 g/mol. The number of aromatic nitrogens is 1. The summed E-state index contributed by atoms with van der Waals surface area (Å²) in [6.07, 6.45) is 1.52. The monoisotopic (exact) mass is 401 g/mol. The van der Waals surface area contributed by atoms with Crippen LogP contribution in [0.2, 0.25) is 0 Å². The first kappa shape index (κ1) is 19.7. The first-order valence-corrected chi connectivity index (χ1v) is 10.0. The molecule has 0 radical (unpaired) electrons. The molecule has 1 aliphatic rings. The van der Waals surface area contributed by atoms with Gasteiger partial charge in [-0.15, -0.1) is 0 Å². The number of Topliss-reactive ketones (excluding diaryl/α,β-unsaturated/α-hetero) is 1. The van der Waals surface area contributed by atoms with Crippen molar-refractivity contribution in [1.29, 1.82) is 0 Å². The first-order chi connectivity index (χ1) is 13.1. The third-order valence-corrected chi connectivity index (χ3v) is 5.34. The number of benzene rings is 1. The molecule has 1 aliphatic heterocycles. The Morgan fingerprint density at radius 2 is 1.82 bits per heavy atom. The normalized spacial score (nSPS) is 17.5. The lowest BCUT2D eigenvalue weighted by atomic mass is 9.93. The quantitative estimate of drug-likeness (QED) is 0.786. The van der Waals surface area contributed by atoms with Crippen LogP contribution < -0.4 is 10.0 Å². The molecule has 1 aromatic heterocycles. The van der Waals surface area contributed by atoms with Crippen molar-refractivity contribution in [3.8, 4) is 0 Å². The highest BCUT2D eigenvalue weighted by Crippen LogP contribution is 2.41. The molecule has 0 fully saturated rings. The van der Waals surface area contributed by atoms with E-state index in [9.17, 15) is 23.1 Å². The predicted molar refractivity (Wildman–Crippen MR) is 102 cm³/mol. The van der Waals surface area contributed by atoms with Crippen molar-refractivity contribution >= 4 is 27.4 Å². The molecule has 9 heteroatoms. The minimum absolute atomic E-state index is 0.0331. The summed E-state index contributed by atoms with van der Waals surface area (Å²) in [6, 6.07) is 9.42. The molecule has 0 aliphatic carbocycles.